The SMILES string of the molecule is COC(=O)CCCCNC(=O)NCc1cccc(Cl)c1. The number of ether oxygens (including phenoxy) is 1. The number of benzene rings is 1. The van der Waals surface area contributed by atoms with Crippen molar-refractivity contribution < 1.29 is 14.3 Å². The molecule has 0 spiro atoms. The molecule has 2 amide bonds. The van der Waals surface area contributed by atoms with Gasteiger partial charge in [0.2, 0.25) is 0 Å². The van der Waals surface area contributed by atoms with Crippen LogP contribution in [0.25, 0.3) is 0 Å². The molecule has 0 aliphatic carbocycles. The van der Waals surface area contributed by atoms with Gasteiger partial charge in [0.1, 0.15) is 0 Å². The number of carbonyl (C=O) groups excluding carboxylic acids is 2. The quantitative estimate of drug-likeness (QED) is 0.600. The standard InChI is InChI=1S/C14H19ClN2O3/c1-20-13(18)7-2-3-8-16-14(19)17-10-11-5-4-6-12(15)9-11/h4-6,9H,2-3,7-8,10H2,1H3,(H2,16,17,19). The monoisotopic (exact) mass is 298 g/mol. The molecule has 0 bridgehead atoms. The summed E-state index contributed by atoms with van der Waals surface area (Å²) in [5.74, 6) is -0.226. The second-order valence-electron chi connectivity index (χ2n) is 4.27. The molecule has 0 aromatic heterocycles. The van der Waals surface area contributed by atoms with Crippen LogP contribution >= 0.6 is 11.6 Å². The van der Waals surface area contributed by atoms with E-state index in [9.17, 15) is 9.59 Å². The van der Waals surface area contributed by atoms with Crippen LogP contribution in [-0.4, -0.2) is 25.7 Å². The maximum absolute atomic E-state index is 11.5. The first-order chi connectivity index (χ1) is 9.61. The molecule has 1 aromatic carbocycles. The van der Waals surface area contributed by atoms with E-state index in [1.165, 1.54) is 7.11 Å². The zero-order valence-electron chi connectivity index (χ0n) is 11.4. The second-order valence-corrected chi connectivity index (χ2v) is 4.71. The fraction of sp³-hybridized carbons (Fsp3) is 0.429. The molecule has 6 heteroatoms. The van der Waals surface area contributed by atoms with Gasteiger partial charge in [0.05, 0.1) is 7.11 Å². The molecule has 110 valence electrons. The molecule has 5 nitrogen and oxygen atoms in total. The average Bonchev–Trinajstić information content (AvgIpc) is 2.44. The Morgan fingerprint density at radius 2 is 2.05 bits per heavy atom. The van der Waals surface area contributed by atoms with E-state index in [0.29, 0.717) is 31.0 Å². The first-order valence-electron chi connectivity index (χ1n) is 6.45. The van der Waals surface area contributed by atoms with Gasteiger partial charge in [-0.05, 0) is 30.5 Å². The maximum atomic E-state index is 11.5. The van der Waals surface area contributed by atoms with Gasteiger partial charge in [0.15, 0.2) is 0 Å². The van der Waals surface area contributed by atoms with Crippen molar-refractivity contribution in [1.82, 2.24) is 10.6 Å². The highest BCUT2D eigenvalue weighted by molar-refractivity contribution is 6.30. The molecule has 20 heavy (non-hydrogen) atoms. The summed E-state index contributed by atoms with van der Waals surface area (Å²) in [7, 11) is 1.36. The van der Waals surface area contributed by atoms with Gasteiger partial charge in [-0.3, -0.25) is 4.79 Å². The van der Waals surface area contributed by atoms with Gasteiger partial charge < -0.3 is 15.4 Å². The summed E-state index contributed by atoms with van der Waals surface area (Å²) < 4.78 is 4.53. The van der Waals surface area contributed by atoms with Crippen LogP contribution in [0.15, 0.2) is 24.3 Å². The van der Waals surface area contributed by atoms with Crippen molar-refractivity contribution in [2.24, 2.45) is 0 Å². The number of rotatable bonds is 7. The second kappa shape index (κ2) is 9.20. The van der Waals surface area contributed by atoms with Crippen LogP contribution in [-0.2, 0) is 16.1 Å². The Morgan fingerprint density at radius 1 is 1.25 bits per heavy atom. The van der Waals surface area contributed by atoms with Crippen molar-refractivity contribution in [1.29, 1.82) is 0 Å². The van der Waals surface area contributed by atoms with E-state index in [2.05, 4.69) is 15.4 Å². The van der Waals surface area contributed by atoms with Gasteiger partial charge in [-0.1, -0.05) is 23.7 Å². The third-order valence-corrected chi connectivity index (χ3v) is 2.90. The van der Waals surface area contributed by atoms with Crippen molar-refractivity contribution >= 4 is 23.6 Å². The Kier molecular flexibility index (Phi) is 7.50. The maximum Gasteiger partial charge on any atom is 0.315 e. The van der Waals surface area contributed by atoms with Crippen LogP contribution in [0.3, 0.4) is 0 Å². The summed E-state index contributed by atoms with van der Waals surface area (Å²) in [4.78, 5) is 22.4. The number of methoxy groups -OCH3 is 1. The molecule has 1 rings (SSSR count). The molecule has 1 aromatic rings. The Labute approximate surface area is 123 Å². The number of nitrogens with one attached hydrogen (secondary N) is 2. The van der Waals surface area contributed by atoms with Crippen molar-refractivity contribution in [2.45, 2.75) is 25.8 Å². The van der Waals surface area contributed by atoms with Crippen molar-refractivity contribution in [3.63, 3.8) is 0 Å². The highest BCUT2D eigenvalue weighted by Gasteiger charge is 2.02. The highest BCUT2D eigenvalue weighted by atomic mass is 35.5. The fourth-order valence-corrected chi connectivity index (χ4v) is 1.80. The van der Waals surface area contributed by atoms with E-state index in [4.69, 9.17) is 11.6 Å². The summed E-state index contributed by atoms with van der Waals surface area (Å²) in [6, 6.07) is 7.08. The van der Waals surface area contributed by atoms with Crippen LogP contribution in [0.4, 0.5) is 4.79 Å². The first-order valence-corrected chi connectivity index (χ1v) is 6.82. The van der Waals surface area contributed by atoms with Gasteiger partial charge in [-0.25, -0.2) is 4.79 Å². The van der Waals surface area contributed by atoms with E-state index in [-0.39, 0.29) is 12.0 Å². The molecule has 0 saturated heterocycles. The van der Waals surface area contributed by atoms with E-state index < -0.39 is 0 Å². The Balaban J connectivity index is 2.10. The smallest absolute Gasteiger partial charge is 0.315 e. The van der Waals surface area contributed by atoms with Crippen molar-refractivity contribution in [2.75, 3.05) is 13.7 Å². The predicted molar refractivity (Wildman–Crippen MR) is 77.6 cm³/mol. The van der Waals surface area contributed by atoms with Gasteiger partial charge in [-0.15, -0.1) is 0 Å². The zero-order valence-corrected chi connectivity index (χ0v) is 12.2. The lowest BCUT2D eigenvalue weighted by Crippen LogP contribution is -2.35. The van der Waals surface area contributed by atoms with Crippen molar-refractivity contribution in [3.05, 3.63) is 34.9 Å². The lowest BCUT2D eigenvalue weighted by molar-refractivity contribution is -0.140. The topological polar surface area (TPSA) is 67.4 Å². The predicted octanol–water partition coefficient (Wildman–Crippen LogP) is 2.48. The number of halogens is 1. The fourth-order valence-electron chi connectivity index (χ4n) is 1.59. The lowest BCUT2D eigenvalue weighted by atomic mass is 10.2. The summed E-state index contributed by atoms with van der Waals surface area (Å²) in [5, 5.41) is 6.11. The number of unbranched alkanes of at least 4 members (excludes halogenated alkanes) is 1. The largest absolute Gasteiger partial charge is 0.469 e. The molecule has 0 aliphatic heterocycles. The molecule has 0 aliphatic rings. The van der Waals surface area contributed by atoms with Crippen LogP contribution in [0.2, 0.25) is 5.02 Å². The molecule has 0 heterocycles. The summed E-state index contributed by atoms with van der Waals surface area (Å²) in [6.07, 6.45) is 1.81. The molecule has 2 N–H and O–H groups in total. The minimum absolute atomic E-state index is 0.226. The van der Waals surface area contributed by atoms with Gasteiger partial charge in [0.25, 0.3) is 0 Å². The minimum Gasteiger partial charge on any atom is -0.469 e. The molecular formula is C14H19ClN2O3. The van der Waals surface area contributed by atoms with Crippen LogP contribution in [0, 0.1) is 0 Å². The molecule has 0 saturated carbocycles. The van der Waals surface area contributed by atoms with Gasteiger partial charge in [-0.2, -0.15) is 0 Å². The molecule has 0 unspecified atom stereocenters. The summed E-state index contributed by atoms with van der Waals surface area (Å²) >= 11 is 5.85. The van der Waals surface area contributed by atoms with Crippen LogP contribution in [0.1, 0.15) is 24.8 Å². The summed E-state index contributed by atoms with van der Waals surface area (Å²) in [6.45, 7) is 0.951. The number of urea groups is 1. The number of amides is 2. The Hall–Kier alpha value is -1.75. The van der Waals surface area contributed by atoms with Crippen LogP contribution in [0.5, 0.6) is 0 Å². The minimum atomic E-state index is -0.233. The summed E-state index contributed by atoms with van der Waals surface area (Å²) in [5.41, 5.74) is 0.943. The number of hydrogen-bond donors (Lipinski definition) is 2. The van der Waals surface area contributed by atoms with Crippen LogP contribution < -0.4 is 10.6 Å². The molecule has 0 fully saturated rings. The Bertz CT molecular complexity index is 452. The third-order valence-electron chi connectivity index (χ3n) is 2.66. The normalized spacial score (nSPS) is 9.90. The van der Waals surface area contributed by atoms with Gasteiger partial charge >= 0.3 is 12.0 Å². The molecule has 0 atom stereocenters. The zero-order chi connectivity index (χ0) is 14.8. The number of carbonyl (C=O) groups is 2. The van der Waals surface area contributed by atoms with E-state index in [0.717, 1.165) is 12.0 Å². The highest BCUT2D eigenvalue weighted by Crippen LogP contribution is 2.10. The van der Waals surface area contributed by atoms with E-state index >= 15 is 0 Å². The third kappa shape index (κ3) is 6.99. The number of hydrogen-bond acceptors (Lipinski definition) is 3. The van der Waals surface area contributed by atoms with E-state index in [1.807, 2.05) is 12.1 Å². The van der Waals surface area contributed by atoms with Gasteiger partial charge in [0, 0.05) is 24.5 Å². The van der Waals surface area contributed by atoms with E-state index in [1.54, 1.807) is 12.1 Å². The lowest BCUT2D eigenvalue weighted by Gasteiger charge is -2.07. The number of esters is 1. The molecule has 0 radical (unpaired) electrons. The molecular weight excluding hydrogens is 280 g/mol. The average molecular weight is 299 g/mol. The van der Waals surface area contributed by atoms with Crippen molar-refractivity contribution in [3.8, 4) is 0 Å². The first kappa shape index (κ1) is 16.3. The Morgan fingerprint density at radius 3 is 2.75 bits per heavy atom.